The minimum atomic E-state index is -4.44. The van der Waals surface area contributed by atoms with E-state index in [2.05, 4.69) is 6.92 Å². The first-order valence-electron chi connectivity index (χ1n) is 12.2. The van der Waals surface area contributed by atoms with Gasteiger partial charge in [-0.05, 0) is 36.6 Å². The first-order chi connectivity index (χ1) is 15.2. The van der Waals surface area contributed by atoms with Gasteiger partial charge in [0.05, 0.1) is 9.79 Å². The van der Waals surface area contributed by atoms with Gasteiger partial charge in [-0.2, -0.15) is 16.8 Å². The maximum atomic E-state index is 11.5. The Labute approximate surface area is 195 Å². The summed E-state index contributed by atoms with van der Waals surface area (Å²) in [6.07, 6.45) is 20.0. The number of hydrogen-bond acceptors (Lipinski definition) is 4. The van der Waals surface area contributed by atoms with Crippen molar-refractivity contribution in [3.8, 4) is 0 Å². The van der Waals surface area contributed by atoms with Gasteiger partial charge in [0, 0.05) is 0 Å². The van der Waals surface area contributed by atoms with E-state index >= 15 is 0 Å². The average molecular weight is 491 g/mol. The van der Waals surface area contributed by atoms with Crippen molar-refractivity contribution in [2.24, 2.45) is 0 Å². The van der Waals surface area contributed by atoms with E-state index in [9.17, 15) is 25.9 Å². The molecule has 1 aromatic rings. The third-order valence-electron chi connectivity index (χ3n) is 5.91. The molecular formula is C24H42O6S2. The van der Waals surface area contributed by atoms with E-state index in [4.69, 9.17) is 0 Å². The van der Waals surface area contributed by atoms with Crippen LogP contribution >= 0.6 is 0 Å². The zero-order chi connectivity index (χ0) is 23.9. The Morgan fingerprint density at radius 1 is 0.594 bits per heavy atom. The van der Waals surface area contributed by atoms with Crippen LogP contribution in [0.4, 0.5) is 0 Å². The maximum Gasteiger partial charge on any atom is 0.294 e. The van der Waals surface area contributed by atoms with Gasteiger partial charge >= 0.3 is 0 Å². The monoisotopic (exact) mass is 490 g/mol. The summed E-state index contributed by atoms with van der Waals surface area (Å²) >= 11 is 0. The Morgan fingerprint density at radius 3 is 1.38 bits per heavy atom. The summed E-state index contributed by atoms with van der Waals surface area (Å²) in [7, 11) is -8.87. The summed E-state index contributed by atoms with van der Waals surface area (Å²) in [4.78, 5) is -0.665. The van der Waals surface area contributed by atoms with Gasteiger partial charge in [0.15, 0.2) is 0 Å². The summed E-state index contributed by atoms with van der Waals surface area (Å²) < 4.78 is 64.2. The van der Waals surface area contributed by atoms with Crippen molar-refractivity contribution in [3.63, 3.8) is 0 Å². The molecular weight excluding hydrogens is 448 g/mol. The highest BCUT2D eigenvalue weighted by atomic mass is 32.2. The van der Waals surface area contributed by atoms with Crippen molar-refractivity contribution in [2.45, 2.75) is 126 Å². The molecule has 0 aliphatic rings. The van der Waals surface area contributed by atoms with Crippen LogP contribution in [-0.2, 0) is 26.7 Å². The van der Waals surface area contributed by atoms with Crippen LogP contribution < -0.4 is 0 Å². The topological polar surface area (TPSA) is 109 Å². The van der Waals surface area contributed by atoms with Crippen LogP contribution in [0, 0.1) is 0 Å². The molecule has 1 rings (SSSR count). The number of unbranched alkanes of at least 4 members (excludes halogenated alkanes) is 15. The quantitative estimate of drug-likeness (QED) is 0.160. The summed E-state index contributed by atoms with van der Waals surface area (Å²) in [5, 5.41) is 0. The van der Waals surface area contributed by atoms with Crippen molar-refractivity contribution < 1.29 is 25.9 Å². The van der Waals surface area contributed by atoms with Crippen molar-refractivity contribution in [2.75, 3.05) is 0 Å². The molecule has 1 aromatic carbocycles. The summed E-state index contributed by atoms with van der Waals surface area (Å²) in [6, 6.07) is 3.14. The molecule has 0 aliphatic carbocycles. The molecule has 0 spiro atoms. The lowest BCUT2D eigenvalue weighted by Gasteiger charge is -2.09. The number of hydrogen-bond donors (Lipinski definition) is 2. The van der Waals surface area contributed by atoms with Gasteiger partial charge < -0.3 is 0 Å². The highest BCUT2D eigenvalue weighted by Crippen LogP contribution is 2.23. The number of aryl methyl sites for hydroxylation is 1. The molecule has 186 valence electrons. The first-order valence-corrected chi connectivity index (χ1v) is 15.1. The summed E-state index contributed by atoms with van der Waals surface area (Å²) in [6.45, 7) is 2.25. The fourth-order valence-corrected chi connectivity index (χ4v) is 5.29. The van der Waals surface area contributed by atoms with Crippen LogP contribution in [0.2, 0.25) is 0 Å². The highest BCUT2D eigenvalue weighted by molar-refractivity contribution is 7.86. The van der Waals surface area contributed by atoms with Gasteiger partial charge in [-0.3, -0.25) is 9.11 Å². The molecule has 2 N–H and O–H groups in total. The van der Waals surface area contributed by atoms with Gasteiger partial charge in [-0.15, -0.1) is 0 Å². The maximum absolute atomic E-state index is 11.5. The third-order valence-corrected chi connectivity index (χ3v) is 7.71. The lowest BCUT2D eigenvalue weighted by Crippen LogP contribution is -2.06. The molecule has 0 saturated carbocycles. The van der Waals surface area contributed by atoms with E-state index in [1.54, 1.807) is 0 Å². The van der Waals surface area contributed by atoms with Gasteiger partial charge in [-0.1, -0.05) is 103 Å². The molecule has 0 unspecified atom stereocenters. The van der Waals surface area contributed by atoms with Crippen LogP contribution in [0.5, 0.6) is 0 Å². The fraction of sp³-hybridized carbons (Fsp3) is 0.750. The van der Waals surface area contributed by atoms with E-state index in [1.807, 2.05) is 0 Å². The lowest BCUT2D eigenvalue weighted by atomic mass is 10.0. The zero-order valence-electron chi connectivity index (χ0n) is 19.6. The highest BCUT2D eigenvalue weighted by Gasteiger charge is 2.19. The molecule has 0 saturated heterocycles. The van der Waals surface area contributed by atoms with Gasteiger partial charge in [0.1, 0.15) is 0 Å². The fourth-order valence-electron chi connectivity index (χ4n) is 4.03. The second kappa shape index (κ2) is 15.8. The van der Waals surface area contributed by atoms with E-state index in [0.29, 0.717) is 12.8 Å². The largest absolute Gasteiger partial charge is 0.294 e. The van der Waals surface area contributed by atoms with Crippen LogP contribution in [0.1, 0.15) is 115 Å². The van der Waals surface area contributed by atoms with E-state index in [1.165, 1.54) is 77.0 Å². The minimum Gasteiger partial charge on any atom is -0.282 e. The SMILES string of the molecule is CCCCCCCCCCCCCCCCCCc1cc(S(=O)(=O)O)ccc1S(=O)(=O)O. The zero-order valence-corrected chi connectivity index (χ0v) is 21.2. The predicted octanol–water partition coefficient (Wildman–Crippen LogP) is 6.98. The van der Waals surface area contributed by atoms with Crippen LogP contribution in [0.25, 0.3) is 0 Å². The average Bonchev–Trinajstić information content (AvgIpc) is 2.72. The molecule has 0 aromatic heterocycles. The van der Waals surface area contributed by atoms with Crippen molar-refractivity contribution >= 4 is 20.2 Å². The number of benzene rings is 1. The molecule has 32 heavy (non-hydrogen) atoms. The molecule has 0 amide bonds. The Balaban J connectivity index is 2.16. The Bertz CT molecular complexity index is 847. The Morgan fingerprint density at radius 2 is 1.00 bits per heavy atom. The molecule has 8 heteroatoms. The molecule has 6 nitrogen and oxygen atoms in total. The second-order valence-electron chi connectivity index (χ2n) is 8.77. The smallest absolute Gasteiger partial charge is 0.282 e. The van der Waals surface area contributed by atoms with Gasteiger partial charge in [0.25, 0.3) is 20.2 Å². The summed E-state index contributed by atoms with van der Waals surface area (Å²) in [5.41, 5.74) is 0.216. The van der Waals surface area contributed by atoms with Crippen molar-refractivity contribution in [3.05, 3.63) is 23.8 Å². The molecule has 0 fully saturated rings. The molecule has 0 heterocycles. The predicted molar refractivity (Wildman–Crippen MR) is 129 cm³/mol. The molecule has 0 aliphatic heterocycles. The molecule has 0 bridgehead atoms. The normalized spacial score (nSPS) is 12.3. The Hall–Kier alpha value is -0.960. The molecule has 0 atom stereocenters. The van der Waals surface area contributed by atoms with Crippen molar-refractivity contribution in [1.82, 2.24) is 0 Å². The van der Waals surface area contributed by atoms with Crippen molar-refractivity contribution in [1.29, 1.82) is 0 Å². The lowest BCUT2D eigenvalue weighted by molar-refractivity contribution is 0.477. The van der Waals surface area contributed by atoms with Gasteiger partial charge in [-0.25, -0.2) is 0 Å². The van der Waals surface area contributed by atoms with E-state index in [0.717, 1.165) is 37.5 Å². The van der Waals surface area contributed by atoms with Crippen LogP contribution in [-0.4, -0.2) is 25.9 Å². The van der Waals surface area contributed by atoms with E-state index < -0.39 is 20.2 Å². The standard InChI is InChI=1S/C24H42O6S2/c1-2-3-4-5-6-7-8-9-10-11-12-13-14-15-16-17-18-22-21-23(31(25,26)27)19-20-24(22)32(28,29)30/h19-21H,2-18H2,1H3,(H,25,26,27)(H,28,29,30). The summed E-state index contributed by atoms with van der Waals surface area (Å²) in [5.74, 6) is 0. The van der Waals surface area contributed by atoms with Crippen LogP contribution in [0.15, 0.2) is 28.0 Å². The van der Waals surface area contributed by atoms with Crippen LogP contribution in [0.3, 0.4) is 0 Å². The number of rotatable bonds is 19. The third kappa shape index (κ3) is 12.9. The van der Waals surface area contributed by atoms with E-state index in [-0.39, 0.29) is 15.4 Å². The Kier molecular flexibility index (Phi) is 14.4. The minimum absolute atomic E-state index is 0.216. The second-order valence-corrected chi connectivity index (χ2v) is 11.6. The molecule has 0 radical (unpaired) electrons. The first kappa shape index (κ1) is 29.1. The van der Waals surface area contributed by atoms with Gasteiger partial charge in [0.2, 0.25) is 0 Å².